The predicted molar refractivity (Wildman–Crippen MR) is 97.3 cm³/mol. The van der Waals surface area contributed by atoms with Gasteiger partial charge in [-0.25, -0.2) is 8.42 Å². The normalized spacial score (nSPS) is 19.4. The lowest BCUT2D eigenvalue weighted by Crippen LogP contribution is -2.43. The van der Waals surface area contributed by atoms with Crippen molar-refractivity contribution in [1.82, 2.24) is 10.2 Å². The van der Waals surface area contributed by atoms with E-state index in [9.17, 15) is 18.0 Å². The lowest BCUT2D eigenvalue weighted by Gasteiger charge is -2.23. The third-order valence-electron chi connectivity index (χ3n) is 4.56. The molecule has 1 aliphatic heterocycles. The first-order chi connectivity index (χ1) is 11.5. The summed E-state index contributed by atoms with van der Waals surface area (Å²) in [5.41, 5.74) is 1.63. The summed E-state index contributed by atoms with van der Waals surface area (Å²) in [4.78, 5) is 25.8. The van der Waals surface area contributed by atoms with Crippen molar-refractivity contribution in [2.45, 2.75) is 38.6 Å². The minimum Gasteiger partial charge on any atom is -0.343 e. The van der Waals surface area contributed by atoms with E-state index < -0.39 is 9.84 Å². The number of benzene rings is 1. The van der Waals surface area contributed by atoms with Crippen LogP contribution in [0.1, 0.15) is 43.1 Å². The molecule has 0 bridgehead atoms. The first-order valence-electron chi connectivity index (χ1n) is 8.34. The van der Waals surface area contributed by atoms with Gasteiger partial charge in [0.15, 0.2) is 9.84 Å². The van der Waals surface area contributed by atoms with E-state index in [4.69, 9.17) is 0 Å². The van der Waals surface area contributed by atoms with Crippen LogP contribution in [-0.4, -0.2) is 56.3 Å². The molecule has 0 aliphatic carbocycles. The first-order valence-corrected chi connectivity index (χ1v) is 10.2. The molecule has 1 fully saturated rings. The number of hydrogen-bond acceptors (Lipinski definition) is 4. The van der Waals surface area contributed by atoms with Gasteiger partial charge in [0.2, 0.25) is 5.91 Å². The Balaban J connectivity index is 1.90. The maximum atomic E-state index is 12.2. The fraction of sp³-hybridized carbons (Fsp3) is 0.556. The molecule has 1 saturated heterocycles. The summed E-state index contributed by atoms with van der Waals surface area (Å²) >= 11 is 0. The standard InChI is InChI=1S/C18H26N2O4S/c1-18(2,3)14-7-5-13(6-8-14)17(22)19-11-16(21)20(4)15-9-10-25(23,24)12-15/h5-8,15H,9-12H2,1-4H3,(H,19,22). The highest BCUT2D eigenvalue weighted by molar-refractivity contribution is 7.91. The van der Waals surface area contributed by atoms with Gasteiger partial charge in [-0.2, -0.15) is 0 Å². The van der Waals surface area contributed by atoms with Crippen LogP contribution in [-0.2, 0) is 20.0 Å². The van der Waals surface area contributed by atoms with E-state index in [0.29, 0.717) is 12.0 Å². The van der Waals surface area contributed by atoms with Crippen LogP contribution in [0.5, 0.6) is 0 Å². The smallest absolute Gasteiger partial charge is 0.251 e. The summed E-state index contributed by atoms with van der Waals surface area (Å²) < 4.78 is 23.0. The van der Waals surface area contributed by atoms with E-state index in [1.54, 1.807) is 19.2 Å². The summed E-state index contributed by atoms with van der Waals surface area (Å²) in [6.45, 7) is 6.15. The lowest BCUT2D eigenvalue weighted by atomic mass is 9.87. The molecule has 25 heavy (non-hydrogen) atoms. The van der Waals surface area contributed by atoms with Gasteiger partial charge in [-0.1, -0.05) is 32.9 Å². The van der Waals surface area contributed by atoms with E-state index in [0.717, 1.165) is 5.56 Å². The third kappa shape index (κ3) is 5.04. The van der Waals surface area contributed by atoms with Crippen molar-refractivity contribution in [3.63, 3.8) is 0 Å². The average molecular weight is 366 g/mol. The summed E-state index contributed by atoms with van der Waals surface area (Å²) in [5.74, 6) is -0.498. The number of nitrogens with zero attached hydrogens (tertiary/aromatic N) is 1. The van der Waals surface area contributed by atoms with Gasteiger partial charge in [0.25, 0.3) is 5.91 Å². The third-order valence-corrected chi connectivity index (χ3v) is 6.31. The van der Waals surface area contributed by atoms with Crippen LogP contribution in [0.2, 0.25) is 0 Å². The van der Waals surface area contributed by atoms with E-state index >= 15 is 0 Å². The van der Waals surface area contributed by atoms with Crippen molar-refractivity contribution in [3.8, 4) is 0 Å². The summed E-state index contributed by atoms with van der Waals surface area (Å²) in [5, 5.41) is 2.60. The fourth-order valence-electron chi connectivity index (χ4n) is 2.79. The minimum absolute atomic E-state index is 0.00253. The summed E-state index contributed by atoms with van der Waals surface area (Å²) in [6, 6.07) is 7.00. The van der Waals surface area contributed by atoms with Crippen LogP contribution in [0.15, 0.2) is 24.3 Å². The Morgan fingerprint density at radius 1 is 1.20 bits per heavy atom. The Hall–Kier alpha value is -1.89. The number of amides is 2. The number of sulfone groups is 1. The number of rotatable bonds is 4. The SMILES string of the molecule is CN(C(=O)CNC(=O)c1ccc(C(C)(C)C)cc1)C1CCS(=O)(=O)C1. The van der Waals surface area contributed by atoms with Crippen LogP contribution in [0.3, 0.4) is 0 Å². The molecule has 0 spiro atoms. The Bertz CT molecular complexity index is 748. The topological polar surface area (TPSA) is 83.6 Å². The van der Waals surface area contributed by atoms with Crippen molar-refractivity contribution in [2.24, 2.45) is 0 Å². The largest absolute Gasteiger partial charge is 0.343 e. The van der Waals surface area contributed by atoms with Gasteiger partial charge >= 0.3 is 0 Å². The Morgan fingerprint density at radius 2 is 1.80 bits per heavy atom. The van der Waals surface area contributed by atoms with Gasteiger partial charge in [0, 0.05) is 18.7 Å². The maximum Gasteiger partial charge on any atom is 0.251 e. The molecular weight excluding hydrogens is 340 g/mol. The molecule has 7 heteroatoms. The van der Waals surface area contributed by atoms with Gasteiger partial charge in [-0.05, 0) is 29.5 Å². The highest BCUT2D eigenvalue weighted by Crippen LogP contribution is 2.22. The van der Waals surface area contributed by atoms with E-state index in [-0.39, 0.29) is 41.3 Å². The molecule has 2 rings (SSSR count). The van der Waals surface area contributed by atoms with Crippen molar-refractivity contribution < 1.29 is 18.0 Å². The van der Waals surface area contributed by atoms with Crippen molar-refractivity contribution >= 4 is 21.7 Å². The van der Waals surface area contributed by atoms with Gasteiger partial charge in [0.05, 0.1) is 18.1 Å². The maximum absolute atomic E-state index is 12.2. The molecule has 1 aliphatic rings. The number of nitrogens with one attached hydrogen (secondary N) is 1. The summed E-state index contributed by atoms with van der Waals surface area (Å²) in [6.07, 6.45) is 0.451. The van der Waals surface area contributed by atoms with Crippen LogP contribution < -0.4 is 5.32 Å². The molecule has 0 aromatic heterocycles. The molecule has 1 N–H and O–H groups in total. The quantitative estimate of drug-likeness (QED) is 0.872. The van der Waals surface area contributed by atoms with Crippen LogP contribution >= 0.6 is 0 Å². The van der Waals surface area contributed by atoms with Gasteiger partial charge in [0.1, 0.15) is 0 Å². The fourth-order valence-corrected chi connectivity index (χ4v) is 4.56. The Kier molecular flexibility index (Phi) is 5.56. The Labute approximate surface area is 149 Å². The second-order valence-corrected chi connectivity index (χ2v) is 9.80. The van der Waals surface area contributed by atoms with E-state index in [2.05, 4.69) is 26.1 Å². The molecule has 1 aromatic rings. The molecule has 1 aromatic carbocycles. The molecule has 1 unspecified atom stereocenters. The molecule has 6 nitrogen and oxygen atoms in total. The number of carbonyl (C=O) groups excluding carboxylic acids is 2. The molecular formula is C18H26N2O4S. The molecule has 138 valence electrons. The van der Waals surface area contributed by atoms with E-state index in [1.807, 2.05) is 12.1 Å². The summed E-state index contributed by atoms with van der Waals surface area (Å²) in [7, 11) is -1.46. The van der Waals surface area contributed by atoms with Crippen LogP contribution in [0.4, 0.5) is 0 Å². The zero-order chi connectivity index (χ0) is 18.8. The van der Waals surface area contributed by atoms with Gasteiger partial charge < -0.3 is 10.2 Å². The van der Waals surface area contributed by atoms with Crippen molar-refractivity contribution in [1.29, 1.82) is 0 Å². The van der Waals surface area contributed by atoms with Crippen molar-refractivity contribution in [2.75, 3.05) is 25.1 Å². The number of likely N-dealkylation sites (N-methyl/N-ethyl adjacent to an activating group) is 1. The predicted octanol–water partition coefficient (Wildman–Crippen LogP) is 1.36. The molecule has 0 radical (unpaired) electrons. The highest BCUT2D eigenvalue weighted by Gasteiger charge is 2.32. The molecule has 0 saturated carbocycles. The number of carbonyl (C=O) groups is 2. The first kappa shape index (κ1) is 19.4. The van der Waals surface area contributed by atoms with Crippen LogP contribution in [0, 0.1) is 0 Å². The highest BCUT2D eigenvalue weighted by atomic mass is 32.2. The van der Waals surface area contributed by atoms with Crippen LogP contribution in [0.25, 0.3) is 0 Å². The second-order valence-electron chi connectivity index (χ2n) is 7.57. The zero-order valence-corrected chi connectivity index (χ0v) is 16.0. The van der Waals surface area contributed by atoms with Gasteiger partial charge in [-0.3, -0.25) is 9.59 Å². The second kappa shape index (κ2) is 7.15. The van der Waals surface area contributed by atoms with Gasteiger partial charge in [-0.15, -0.1) is 0 Å². The molecule has 2 amide bonds. The molecule has 1 atom stereocenters. The molecule has 1 heterocycles. The number of hydrogen-bond donors (Lipinski definition) is 1. The average Bonchev–Trinajstić information content (AvgIpc) is 2.90. The lowest BCUT2D eigenvalue weighted by molar-refractivity contribution is -0.130. The monoisotopic (exact) mass is 366 g/mol. The van der Waals surface area contributed by atoms with E-state index in [1.165, 1.54) is 4.90 Å². The van der Waals surface area contributed by atoms with Crippen molar-refractivity contribution in [3.05, 3.63) is 35.4 Å². The Morgan fingerprint density at radius 3 is 2.28 bits per heavy atom. The zero-order valence-electron chi connectivity index (χ0n) is 15.2. The minimum atomic E-state index is -3.05.